The van der Waals surface area contributed by atoms with Gasteiger partial charge in [0, 0.05) is 29.2 Å². The molecule has 1 heterocycles. The van der Waals surface area contributed by atoms with Crippen molar-refractivity contribution < 1.29 is 5.11 Å². The summed E-state index contributed by atoms with van der Waals surface area (Å²) in [6, 6.07) is 8.81. The Labute approximate surface area is 107 Å². The van der Waals surface area contributed by atoms with Crippen molar-refractivity contribution in [1.82, 2.24) is 4.90 Å². The van der Waals surface area contributed by atoms with Crippen LogP contribution in [-0.4, -0.2) is 28.6 Å². The quantitative estimate of drug-likeness (QED) is 0.874. The predicted octanol–water partition coefficient (Wildman–Crippen LogP) is 2.78. The Morgan fingerprint density at radius 3 is 2.71 bits per heavy atom. The maximum Gasteiger partial charge on any atom is 0.105 e. The molecule has 1 saturated heterocycles. The average molecular weight is 252 g/mol. The Morgan fingerprint density at radius 2 is 2.06 bits per heavy atom. The Bertz CT molecular complexity index is 432. The smallest absolute Gasteiger partial charge is 0.105 e. The third-order valence-electron chi connectivity index (χ3n) is 4.03. The summed E-state index contributed by atoms with van der Waals surface area (Å²) in [5.41, 5.74) is 0.122. The Balaban J connectivity index is 1.90. The molecular weight excluding hydrogens is 234 g/mol. The van der Waals surface area contributed by atoms with Gasteiger partial charge in [-0.25, -0.2) is 0 Å². The van der Waals surface area contributed by atoms with Crippen LogP contribution in [0.1, 0.15) is 31.7 Å². The summed E-state index contributed by atoms with van der Waals surface area (Å²) in [5.74, 6) is 0. The van der Waals surface area contributed by atoms with Gasteiger partial charge < -0.3 is 5.11 Å². The van der Waals surface area contributed by atoms with Crippen LogP contribution in [-0.2, 0) is 5.60 Å². The van der Waals surface area contributed by atoms with Crippen LogP contribution >= 0.6 is 11.6 Å². The van der Waals surface area contributed by atoms with Crippen LogP contribution < -0.4 is 0 Å². The molecule has 0 radical (unpaired) electrons. The maximum absolute atomic E-state index is 10.8. The van der Waals surface area contributed by atoms with Crippen LogP contribution in [0.5, 0.6) is 0 Å². The highest BCUT2D eigenvalue weighted by Crippen LogP contribution is 2.43. The number of rotatable bonds is 2. The minimum atomic E-state index is -0.764. The van der Waals surface area contributed by atoms with Gasteiger partial charge in [0.1, 0.15) is 5.60 Å². The molecule has 0 aromatic heterocycles. The molecule has 1 aliphatic heterocycles. The Morgan fingerprint density at radius 1 is 1.35 bits per heavy atom. The number of β-amino-alcohol motifs (C(OH)–C–C–N with tert-alkyl or cyclic N) is 1. The summed E-state index contributed by atoms with van der Waals surface area (Å²) < 4.78 is 0. The van der Waals surface area contributed by atoms with E-state index in [2.05, 4.69) is 11.8 Å². The van der Waals surface area contributed by atoms with Gasteiger partial charge in [-0.1, -0.05) is 29.8 Å². The number of nitrogens with zero attached hydrogens (tertiary/aromatic N) is 1. The second-order valence-electron chi connectivity index (χ2n) is 5.47. The summed E-state index contributed by atoms with van der Waals surface area (Å²) in [4.78, 5) is 2.43. The van der Waals surface area contributed by atoms with Crippen LogP contribution in [0.2, 0.25) is 5.02 Å². The second kappa shape index (κ2) is 3.98. The lowest BCUT2D eigenvalue weighted by Crippen LogP contribution is -2.33. The van der Waals surface area contributed by atoms with E-state index in [1.54, 1.807) is 0 Å². The molecule has 0 spiro atoms. The third-order valence-corrected chi connectivity index (χ3v) is 4.36. The third kappa shape index (κ3) is 1.99. The molecule has 2 fully saturated rings. The van der Waals surface area contributed by atoms with Crippen molar-refractivity contribution in [3.05, 3.63) is 34.9 Å². The molecule has 2 atom stereocenters. The molecule has 1 saturated carbocycles. The van der Waals surface area contributed by atoms with Crippen molar-refractivity contribution in [3.8, 4) is 0 Å². The highest BCUT2D eigenvalue weighted by molar-refractivity contribution is 6.31. The van der Waals surface area contributed by atoms with E-state index in [0.29, 0.717) is 17.1 Å². The van der Waals surface area contributed by atoms with E-state index < -0.39 is 5.60 Å². The minimum Gasteiger partial charge on any atom is -0.384 e. The van der Waals surface area contributed by atoms with E-state index in [4.69, 9.17) is 11.6 Å². The normalized spacial score (nSPS) is 34.2. The van der Waals surface area contributed by atoms with Crippen LogP contribution in [0.25, 0.3) is 0 Å². The predicted molar refractivity (Wildman–Crippen MR) is 69.2 cm³/mol. The molecule has 2 nitrogen and oxygen atoms in total. The van der Waals surface area contributed by atoms with Gasteiger partial charge >= 0.3 is 0 Å². The molecule has 2 aliphatic rings. The molecule has 3 rings (SSSR count). The average Bonchev–Trinajstić information content (AvgIpc) is 3.06. The number of hydrogen-bond donors (Lipinski definition) is 1. The van der Waals surface area contributed by atoms with Gasteiger partial charge in [0.2, 0.25) is 0 Å². The molecule has 1 aromatic rings. The molecule has 3 heteroatoms. The van der Waals surface area contributed by atoms with Gasteiger partial charge in [0.15, 0.2) is 0 Å². The summed E-state index contributed by atoms with van der Waals surface area (Å²) in [7, 11) is 0. The van der Waals surface area contributed by atoms with Crippen molar-refractivity contribution in [2.24, 2.45) is 0 Å². The highest BCUT2D eigenvalue weighted by atomic mass is 35.5. The molecule has 0 amide bonds. The van der Waals surface area contributed by atoms with Gasteiger partial charge in [0.25, 0.3) is 0 Å². The number of halogens is 1. The van der Waals surface area contributed by atoms with Gasteiger partial charge in [0.05, 0.1) is 0 Å². The van der Waals surface area contributed by atoms with Gasteiger partial charge in [-0.15, -0.1) is 0 Å². The van der Waals surface area contributed by atoms with Gasteiger partial charge in [-0.05, 0) is 32.3 Å². The largest absolute Gasteiger partial charge is 0.384 e. The fourth-order valence-electron chi connectivity index (χ4n) is 3.06. The van der Waals surface area contributed by atoms with E-state index in [1.165, 1.54) is 12.8 Å². The standard InChI is InChI=1S/C14H18ClNO/c1-10-8-14(17,9-16(10)11-6-7-11)12-4-2-3-5-13(12)15/h2-5,10-11,17H,6-9H2,1H3. The molecule has 0 bridgehead atoms. The minimum absolute atomic E-state index is 0.448. The summed E-state index contributed by atoms with van der Waals surface area (Å²) in [5, 5.41) is 11.5. The van der Waals surface area contributed by atoms with Gasteiger partial charge in [-0.3, -0.25) is 4.90 Å². The summed E-state index contributed by atoms with van der Waals surface area (Å²) in [6.45, 7) is 2.93. The van der Waals surface area contributed by atoms with Crippen molar-refractivity contribution in [2.45, 2.75) is 43.9 Å². The molecule has 1 aromatic carbocycles. The zero-order chi connectivity index (χ0) is 12.0. The van der Waals surface area contributed by atoms with Crippen molar-refractivity contribution in [1.29, 1.82) is 0 Å². The first kappa shape index (κ1) is 11.5. The van der Waals surface area contributed by atoms with E-state index in [-0.39, 0.29) is 0 Å². The molecule has 17 heavy (non-hydrogen) atoms. The van der Waals surface area contributed by atoms with E-state index in [1.807, 2.05) is 24.3 Å². The van der Waals surface area contributed by atoms with Crippen LogP contribution in [0.3, 0.4) is 0 Å². The second-order valence-corrected chi connectivity index (χ2v) is 5.88. The molecule has 1 aliphatic carbocycles. The molecule has 2 unspecified atom stereocenters. The van der Waals surface area contributed by atoms with E-state index in [0.717, 1.165) is 18.5 Å². The van der Waals surface area contributed by atoms with Crippen LogP contribution in [0.4, 0.5) is 0 Å². The molecule has 92 valence electrons. The number of aliphatic hydroxyl groups is 1. The lowest BCUT2D eigenvalue weighted by atomic mass is 9.91. The van der Waals surface area contributed by atoms with Crippen molar-refractivity contribution >= 4 is 11.6 Å². The monoisotopic (exact) mass is 251 g/mol. The number of likely N-dealkylation sites (tertiary alicyclic amines) is 1. The summed E-state index contributed by atoms with van der Waals surface area (Å²) in [6.07, 6.45) is 3.35. The first-order valence-electron chi connectivity index (χ1n) is 6.33. The lowest BCUT2D eigenvalue weighted by molar-refractivity contribution is 0.0453. The zero-order valence-corrected chi connectivity index (χ0v) is 10.8. The number of benzene rings is 1. The first-order valence-corrected chi connectivity index (χ1v) is 6.71. The van der Waals surface area contributed by atoms with Crippen LogP contribution in [0.15, 0.2) is 24.3 Å². The summed E-state index contributed by atoms with van der Waals surface area (Å²) >= 11 is 6.21. The number of hydrogen-bond acceptors (Lipinski definition) is 2. The highest BCUT2D eigenvalue weighted by Gasteiger charge is 2.47. The molecular formula is C14H18ClNO. The van der Waals surface area contributed by atoms with Gasteiger partial charge in [-0.2, -0.15) is 0 Å². The SMILES string of the molecule is CC1CC(O)(c2ccccc2Cl)CN1C1CC1. The fourth-order valence-corrected chi connectivity index (χ4v) is 3.37. The molecule has 1 N–H and O–H groups in total. The maximum atomic E-state index is 10.8. The van der Waals surface area contributed by atoms with E-state index >= 15 is 0 Å². The Kier molecular flexibility index (Phi) is 2.69. The van der Waals surface area contributed by atoms with Crippen molar-refractivity contribution in [3.63, 3.8) is 0 Å². The van der Waals surface area contributed by atoms with E-state index in [9.17, 15) is 5.11 Å². The lowest BCUT2D eigenvalue weighted by Gasteiger charge is -2.25. The fraction of sp³-hybridized carbons (Fsp3) is 0.571. The first-order chi connectivity index (χ1) is 8.10. The topological polar surface area (TPSA) is 23.5 Å². The Hall–Kier alpha value is -0.570. The zero-order valence-electron chi connectivity index (χ0n) is 10.1. The van der Waals surface area contributed by atoms with Crippen LogP contribution in [0, 0.1) is 0 Å². The van der Waals surface area contributed by atoms with Crippen molar-refractivity contribution in [2.75, 3.05) is 6.54 Å².